The number of aromatic nitrogens is 2. The lowest BCUT2D eigenvalue weighted by atomic mass is 10.1. The highest BCUT2D eigenvalue weighted by Gasteiger charge is 2.20. The summed E-state index contributed by atoms with van der Waals surface area (Å²) in [6, 6.07) is 56.7. The number of fused-ring (bicyclic) bond motifs is 2. The smallest absolute Gasteiger partial charge is 0.319 e. The standard InChI is InChI=1S/C40H45N5O4.C37H39N5O4/c1-4-30(5-2)42-40(47)43-31-15-20-34(21-16-31)49-37-22-17-32(25-38(37)48-3)41-39(46)28-13-18-33(19-14-28)45-27-29(26-44-23-9-6-10-24-44)35-11-7-8-12-36(35)45;1-25(2)38-37(44)40-28-12-17-31(18-13-28)46-34-19-14-29(22-35(34)45-3)39-36(43)26-10-15-30(16-11-26)42-24-27(23-41-20-6-7-21-41)32-8-4-5-9-33(32)42/h7-8,11-22,25,27,30H,4-6,9-10,23-24,26H2,1-3H3,(H,41,46)(H2,42,43,47);4-5,8-19,22,24-25H,6-7,20-21,23H2,1-3H3,(H,39,43)(H2,38,40,44). The second kappa shape index (κ2) is 31.4. The molecule has 8 aromatic carbocycles. The van der Waals surface area contributed by atoms with Gasteiger partial charge in [0.1, 0.15) is 11.5 Å². The molecule has 4 heterocycles. The Hall–Kier alpha value is -10.6. The van der Waals surface area contributed by atoms with Gasteiger partial charge < -0.3 is 60.0 Å². The van der Waals surface area contributed by atoms with Crippen LogP contribution in [0.2, 0.25) is 0 Å². The van der Waals surface area contributed by atoms with Crippen LogP contribution < -0.4 is 50.8 Å². The van der Waals surface area contributed by atoms with Crippen LogP contribution in [0.5, 0.6) is 34.5 Å². The molecule has 0 bridgehead atoms. The lowest BCUT2D eigenvalue weighted by molar-refractivity contribution is 0.101. The Morgan fingerprint density at radius 1 is 0.432 bits per heavy atom. The molecule has 0 spiro atoms. The molecule has 0 unspecified atom stereocenters. The van der Waals surface area contributed by atoms with Gasteiger partial charge in [-0.05, 0) is 223 Å². The van der Waals surface area contributed by atoms with E-state index in [9.17, 15) is 19.2 Å². The number of carbonyl (C=O) groups is 4. The van der Waals surface area contributed by atoms with Crippen molar-refractivity contribution in [1.82, 2.24) is 29.6 Å². The van der Waals surface area contributed by atoms with E-state index >= 15 is 0 Å². The van der Waals surface area contributed by atoms with Crippen LogP contribution in [0.4, 0.5) is 32.3 Å². The number of nitrogens with one attached hydrogen (secondary N) is 6. The minimum atomic E-state index is -0.268. The van der Waals surface area contributed by atoms with Gasteiger partial charge in [-0.25, -0.2) is 9.59 Å². The summed E-state index contributed by atoms with van der Waals surface area (Å²) in [4.78, 5) is 55.7. The molecule has 10 aromatic rings. The van der Waals surface area contributed by atoms with Crippen molar-refractivity contribution in [2.45, 2.75) is 97.8 Å². The highest BCUT2D eigenvalue weighted by Crippen LogP contribution is 2.37. The van der Waals surface area contributed by atoms with Gasteiger partial charge in [0.25, 0.3) is 11.8 Å². The SMILES string of the molecule is CCC(CC)NC(=O)Nc1ccc(Oc2ccc(NC(=O)c3ccc(-n4cc(CN5CCCCC5)c5ccccc54)cc3)cc2OC)cc1.COc1cc(NC(=O)c2ccc(-n3cc(CN4CCCC4)c4ccccc43)cc2)ccc1Oc1ccc(NC(=O)NC(C)C)cc1. The molecule has 18 nitrogen and oxygen atoms in total. The van der Waals surface area contributed by atoms with E-state index in [0.29, 0.717) is 68.4 Å². The average molecular weight is 1280 g/mol. The van der Waals surface area contributed by atoms with Crippen molar-refractivity contribution < 1.29 is 38.1 Å². The summed E-state index contributed by atoms with van der Waals surface area (Å²) in [5, 5.41) is 19.9. The number of anilines is 4. The molecule has 2 aliphatic rings. The second-order valence-corrected chi connectivity index (χ2v) is 24.3. The van der Waals surface area contributed by atoms with Crippen LogP contribution in [-0.4, -0.2) is 95.3 Å². The summed E-state index contributed by atoms with van der Waals surface area (Å²) in [6.07, 6.45) is 12.6. The fourth-order valence-corrected chi connectivity index (χ4v) is 12.1. The number of likely N-dealkylation sites (tertiary alicyclic amines) is 2. The van der Waals surface area contributed by atoms with Crippen molar-refractivity contribution in [3.8, 4) is 45.9 Å². The predicted molar refractivity (Wildman–Crippen MR) is 379 cm³/mol. The second-order valence-electron chi connectivity index (χ2n) is 24.3. The van der Waals surface area contributed by atoms with E-state index in [1.807, 2.05) is 76.2 Å². The zero-order valence-corrected chi connectivity index (χ0v) is 54.9. The number of piperidine rings is 1. The summed E-state index contributed by atoms with van der Waals surface area (Å²) in [6.45, 7) is 14.4. The van der Waals surface area contributed by atoms with Crippen LogP contribution >= 0.6 is 0 Å². The highest BCUT2D eigenvalue weighted by molar-refractivity contribution is 6.05. The third-order valence-electron chi connectivity index (χ3n) is 17.1. The average Bonchev–Trinajstić information content (AvgIpc) is 1.65. The van der Waals surface area contributed by atoms with Gasteiger partial charge in [-0.2, -0.15) is 0 Å². The molecule has 18 heteroatoms. The van der Waals surface area contributed by atoms with E-state index in [4.69, 9.17) is 18.9 Å². The van der Waals surface area contributed by atoms with E-state index < -0.39 is 0 Å². The van der Waals surface area contributed by atoms with E-state index in [1.165, 1.54) is 54.0 Å². The van der Waals surface area contributed by atoms with Gasteiger partial charge in [0.2, 0.25) is 0 Å². The molecule has 6 N–H and O–H groups in total. The summed E-state index contributed by atoms with van der Waals surface area (Å²) in [7, 11) is 3.11. The lowest BCUT2D eigenvalue weighted by Gasteiger charge is -2.26. The van der Waals surface area contributed by atoms with Gasteiger partial charge in [-0.15, -0.1) is 0 Å². The zero-order chi connectivity index (χ0) is 66.2. The Labute approximate surface area is 555 Å². The fourth-order valence-electron chi connectivity index (χ4n) is 12.1. The topological polar surface area (TPSA) is 194 Å². The Kier molecular flexibility index (Phi) is 21.8. The van der Waals surface area contributed by atoms with E-state index in [2.05, 4.69) is 112 Å². The molecule has 0 atom stereocenters. The summed E-state index contributed by atoms with van der Waals surface area (Å²) in [5.74, 6) is 2.64. The molecule has 490 valence electrons. The number of amides is 6. The number of nitrogens with zero attached hydrogens (tertiary/aromatic N) is 4. The number of ether oxygens (including phenoxy) is 4. The number of carbonyl (C=O) groups excluding carboxylic acids is 4. The zero-order valence-electron chi connectivity index (χ0n) is 54.9. The molecule has 0 aliphatic carbocycles. The molecular formula is C77H84N10O8. The molecule has 6 amide bonds. The van der Waals surface area contributed by atoms with Crippen molar-refractivity contribution >= 4 is 68.4 Å². The van der Waals surface area contributed by atoms with Crippen molar-refractivity contribution in [2.75, 3.05) is 61.7 Å². The van der Waals surface area contributed by atoms with Crippen LogP contribution in [0.25, 0.3) is 33.2 Å². The van der Waals surface area contributed by atoms with Gasteiger partial charge in [-0.3, -0.25) is 19.4 Å². The first kappa shape index (κ1) is 65.9. The molecule has 2 aliphatic heterocycles. The third kappa shape index (κ3) is 17.0. The van der Waals surface area contributed by atoms with Gasteiger partial charge in [0, 0.05) is 106 Å². The molecule has 0 radical (unpaired) electrons. The van der Waals surface area contributed by atoms with E-state index in [-0.39, 0.29) is 36.0 Å². The summed E-state index contributed by atoms with van der Waals surface area (Å²) < 4.78 is 27.6. The Bertz CT molecular complexity index is 4240. The summed E-state index contributed by atoms with van der Waals surface area (Å²) >= 11 is 0. The van der Waals surface area contributed by atoms with Crippen LogP contribution in [0.3, 0.4) is 0 Å². The van der Waals surface area contributed by atoms with Gasteiger partial charge in [0.05, 0.1) is 25.3 Å². The molecule has 12 rings (SSSR count). The minimum Gasteiger partial charge on any atom is -0.493 e. The van der Waals surface area contributed by atoms with E-state index in [0.717, 1.165) is 74.5 Å². The molecular weight excluding hydrogens is 1190 g/mol. The number of urea groups is 2. The highest BCUT2D eigenvalue weighted by atomic mass is 16.5. The maximum Gasteiger partial charge on any atom is 0.319 e. The molecule has 95 heavy (non-hydrogen) atoms. The quantitative estimate of drug-likeness (QED) is 0.0380. The Morgan fingerprint density at radius 2 is 0.821 bits per heavy atom. The van der Waals surface area contributed by atoms with Crippen molar-refractivity contribution in [3.05, 3.63) is 217 Å². The summed E-state index contributed by atoms with van der Waals surface area (Å²) in [5.41, 5.74) is 10.5. The first-order valence-electron chi connectivity index (χ1n) is 32.8. The first-order valence-corrected chi connectivity index (χ1v) is 32.8. The number of rotatable bonds is 22. The van der Waals surface area contributed by atoms with Crippen molar-refractivity contribution in [2.24, 2.45) is 0 Å². The van der Waals surface area contributed by atoms with Crippen LogP contribution in [-0.2, 0) is 13.1 Å². The fraction of sp³-hybridized carbons (Fsp3) is 0.273. The van der Waals surface area contributed by atoms with E-state index in [1.54, 1.807) is 99.1 Å². The van der Waals surface area contributed by atoms with Crippen LogP contribution in [0.15, 0.2) is 194 Å². The molecule has 2 saturated heterocycles. The van der Waals surface area contributed by atoms with Crippen LogP contribution in [0, 0.1) is 0 Å². The Balaban J connectivity index is 0.000000194. The van der Waals surface area contributed by atoms with Gasteiger partial charge in [0.15, 0.2) is 23.0 Å². The third-order valence-corrected chi connectivity index (χ3v) is 17.1. The minimum absolute atomic E-state index is 0.0395. The van der Waals surface area contributed by atoms with Crippen molar-refractivity contribution in [3.63, 3.8) is 0 Å². The normalized spacial score (nSPS) is 13.2. The lowest BCUT2D eigenvalue weighted by Crippen LogP contribution is -2.37. The number of hydrogen-bond donors (Lipinski definition) is 6. The molecule has 0 saturated carbocycles. The monoisotopic (exact) mass is 1280 g/mol. The number of benzene rings is 8. The van der Waals surface area contributed by atoms with Crippen LogP contribution in [0.1, 0.15) is 104 Å². The number of methoxy groups -OCH3 is 2. The van der Waals surface area contributed by atoms with Crippen molar-refractivity contribution in [1.29, 1.82) is 0 Å². The maximum absolute atomic E-state index is 13.2. The number of hydrogen-bond acceptors (Lipinski definition) is 10. The Morgan fingerprint density at radius 3 is 1.22 bits per heavy atom. The van der Waals surface area contributed by atoms with Gasteiger partial charge in [-0.1, -0.05) is 56.7 Å². The molecule has 2 aromatic heterocycles. The molecule has 2 fully saturated rings. The van der Waals surface area contributed by atoms with Gasteiger partial charge >= 0.3 is 12.1 Å². The predicted octanol–water partition coefficient (Wildman–Crippen LogP) is 16.8. The number of para-hydroxylation sites is 2. The largest absolute Gasteiger partial charge is 0.493 e. The maximum atomic E-state index is 13.2. The first-order chi connectivity index (χ1) is 46.3.